The van der Waals surface area contributed by atoms with Gasteiger partial charge in [-0.1, -0.05) is 112 Å². The van der Waals surface area contributed by atoms with Crippen LogP contribution in [0.2, 0.25) is 0 Å². The third-order valence-corrected chi connectivity index (χ3v) is 16.4. The molecule has 0 fully saturated rings. The van der Waals surface area contributed by atoms with Crippen molar-refractivity contribution in [2.75, 3.05) is 67.1 Å². The maximum Gasteiger partial charge on any atom is 0.333 e. The first kappa shape index (κ1) is 102. The zero-order chi connectivity index (χ0) is 78.1. The van der Waals surface area contributed by atoms with Crippen molar-refractivity contribution in [2.24, 2.45) is 0 Å². The number of esters is 10. The first-order valence-corrected chi connectivity index (χ1v) is 38.8. The maximum absolute atomic E-state index is 12.3. The summed E-state index contributed by atoms with van der Waals surface area (Å²) >= 11 is 0. The largest absolute Gasteiger partial charge is 0.463 e. The Morgan fingerprint density at radius 3 is 1.05 bits per heavy atom. The zero-order valence-corrected chi connectivity index (χ0v) is 67.1. The monoisotopic (exact) mass is 1590 g/mol. The minimum atomic E-state index is -0.550. The van der Waals surface area contributed by atoms with Crippen LogP contribution in [-0.2, 0) is 124 Å². The smallest absolute Gasteiger partial charge is 0.333 e. The van der Waals surface area contributed by atoms with E-state index in [1.165, 1.54) is 79.4 Å². The van der Waals surface area contributed by atoms with Crippen LogP contribution >= 0.6 is 0 Å². The molecule has 0 aromatic rings. The van der Waals surface area contributed by atoms with Crippen LogP contribution in [0.5, 0.6) is 0 Å². The first-order chi connectivity index (χ1) is 51.3. The average Bonchev–Trinajstić information content (AvgIpc) is 1.02. The van der Waals surface area contributed by atoms with E-state index in [2.05, 4.69) is 87.1 Å². The van der Waals surface area contributed by atoms with Crippen molar-refractivity contribution in [1.82, 2.24) is 0 Å². The summed E-state index contributed by atoms with van der Waals surface area (Å²) in [6.07, 6.45) is 57.7. The van der Waals surface area contributed by atoms with Crippen molar-refractivity contribution in [3.8, 4) is 0 Å². The molecule has 0 N–H and O–H groups in total. The summed E-state index contributed by atoms with van der Waals surface area (Å²) in [5.41, 5.74) is 0.552. The Morgan fingerprint density at radius 1 is 0.346 bits per heavy atom. The molecule has 0 amide bonds. The van der Waals surface area contributed by atoms with Gasteiger partial charge in [-0.25, -0.2) is 9.59 Å². The van der Waals surface area contributed by atoms with Crippen molar-refractivity contribution in [1.29, 1.82) is 0 Å². The van der Waals surface area contributed by atoms with Crippen LogP contribution in [0.3, 0.4) is 0 Å². The van der Waals surface area contributed by atoms with E-state index < -0.39 is 35.8 Å². The molecule has 0 saturated heterocycles. The number of carbonyl (C=O) groups excluding carboxylic acids is 10. The van der Waals surface area contributed by atoms with Crippen LogP contribution in [0.15, 0.2) is 110 Å². The van der Waals surface area contributed by atoms with Crippen molar-refractivity contribution >= 4 is 59.7 Å². The Bertz CT molecular complexity index is 2610. The van der Waals surface area contributed by atoms with Gasteiger partial charge in [0.15, 0.2) is 0 Å². The fourth-order valence-electron chi connectivity index (χ4n) is 10.4. The van der Waals surface area contributed by atoms with E-state index in [0.29, 0.717) is 19.6 Å². The molecule has 0 heterocycles. The predicted octanol–water partition coefficient (Wildman–Crippen LogP) is 17.1. The number of hydrogen-bond donors (Lipinski definition) is 0. The Labute approximate surface area is 653 Å². The molecule has 107 heavy (non-hydrogen) atoms. The molecule has 3 aliphatic carbocycles. The molecule has 0 bridgehead atoms. The fraction of sp³-hybridized carbons (Fsp3) is 0.667. The molecule has 0 radical (unpaired) electrons. The summed E-state index contributed by atoms with van der Waals surface area (Å²) in [6.45, 7) is 18.4. The second-order valence-electron chi connectivity index (χ2n) is 26.1. The maximum atomic E-state index is 12.3. The normalized spacial score (nSPS) is 15.8. The number of unbranched alkanes of at least 4 members (excludes halogenated alkanes) is 7. The zero-order valence-electron chi connectivity index (χ0n) is 65.3. The van der Waals surface area contributed by atoms with E-state index in [1.54, 1.807) is 6.08 Å². The minimum absolute atomic E-state index is 0. The molecular weight excluding hydrogens is 1460 g/mol. The summed E-state index contributed by atoms with van der Waals surface area (Å²) in [4.78, 5) is 117. The Morgan fingerprint density at radius 2 is 0.664 bits per heavy atom. The van der Waals surface area contributed by atoms with Gasteiger partial charge in [0.1, 0.15) is 64.1 Å². The van der Waals surface area contributed by atoms with Gasteiger partial charge in [-0.15, -0.1) is 13.2 Å². The quantitative estimate of drug-likeness (QED) is 0.0137. The molecule has 4 unspecified atom stereocenters. The van der Waals surface area contributed by atoms with Gasteiger partial charge in [-0.2, -0.15) is 0 Å². The molecule has 608 valence electrons. The van der Waals surface area contributed by atoms with E-state index >= 15 is 0 Å². The molecule has 0 saturated carbocycles. The van der Waals surface area contributed by atoms with Gasteiger partial charge in [-0.3, -0.25) is 38.4 Å². The van der Waals surface area contributed by atoms with Crippen LogP contribution in [0.1, 0.15) is 271 Å². The van der Waals surface area contributed by atoms with E-state index in [9.17, 15) is 47.9 Å². The van der Waals surface area contributed by atoms with Crippen LogP contribution in [0.4, 0.5) is 0 Å². The summed E-state index contributed by atoms with van der Waals surface area (Å²) in [5, 5.41) is 0. The predicted molar refractivity (Wildman–Crippen MR) is 409 cm³/mol. The standard InChI is InChI=1S/C43H68O11.C18H26O6.C15H24O5.C8H14.Ru/c1-6-8-21-25-38(54-42(47)30-28-39(44)50-33-32-49-5)27-23-20-18-16-14-12-10-11-13-15-17-19-22-26-37(24-9-7-2)53-41(46)31-29-40(45)51-34-35-52-43(48)36(3)4;1-14(2)18(21)23-13-12-22-16(19)10-11-17(20)24-15-8-6-4-3-5-7-9-15;1-18-11-12-19-14(16)9-10-15(17)20-13-7-5-3-2-4-6-8-13;1-2-4-6-8-7-5-3-1;/h6-7,15,17-18,20,37-38H,1-3,8-14,16,19,21-35H2,4-5H3;3-4,15H,1,5-13H2,2H3;2-3,13H,4-12H2,1H3;1-2H,3-8H2;/b;4-3-;3-2-;;. The number of allylic oxidation sites excluding steroid dienone is 12. The molecule has 3 rings (SSSR count). The second kappa shape index (κ2) is 74.4. The van der Waals surface area contributed by atoms with E-state index in [4.69, 9.17) is 56.8 Å². The summed E-state index contributed by atoms with van der Waals surface area (Å²) in [7, 11) is 3.07. The molecular formula is C84H132O22Ru. The number of rotatable bonds is 51. The number of hydrogen-bond acceptors (Lipinski definition) is 22. The number of carbonyl (C=O) groups is 10. The number of methoxy groups -OCH3 is 2. The first-order valence-electron chi connectivity index (χ1n) is 38.8. The molecule has 3 aliphatic rings. The summed E-state index contributed by atoms with van der Waals surface area (Å²) in [6, 6.07) is 0. The van der Waals surface area contributed by atoms with Gasteiger partial charge in [0.25, 0.3) is 0 Å². The van der Waals surface area contributed by atoms with Gasteiger partial charge in [0.2, 0.25) is 0 Å². The third-order valence-electron chi connectivity index (χ3n) is 16.4. The molecule has 22 nitrogen and oxygen atoms in total. The van der Waals surface area contributed by atoms with Gasteiger partial charge in [-0.05, 0) is 194 Å². The Kier molecular flexibility index (Phi) is 70.9. The Hall–Kier alpha value is -7.10. The molecule has 0 spiro atoms. The topological polar surface area (TPSA) is 281 Å². The van der Waals surface area contributed by atoms with E-state index in [1.807, 2.05) is 6.08 Å². The summed E-state index contributed by atoms with van der Waals surface area (Å²) in [5.74, 6) is -4.46. The van der Waals surface area contributed by atoms with Gasteiger partial charge >= 0.3 is 59.7 Å². The van der Waals surface area contributed by atoms with Crippen LogP contribution < -0.4 is 0 Å². The molecule has 0 aromatic carbocycles. The molecule has 0 aromatic heterocycles. The molecule has 4 atom stereocenters. The second-order valence-corrected chi connectivity index (χ2v) is 26.1. The SMILES string of the molecule is C1=CCCCCCC1.C=C(C)C(=O)OCCOC(=O)CCC(=O)OC1CC/C=C\CCC1.C=CCCCC(CCC=CCCCCCCC=CCCCC(CCC=C)OC(=O)CCC(=O)OCCOC(=O)C(=C)C)OC(=O)CCC(=O)OCCOC.COCCOC(=O)CCC(=O)OC1CC/C=C\CCC1.[Ru]. The fourth-order valence-corrected chi connectivity index (χ4v) is 10.4. The third kappa shape index (κ3) is 69.1. The van der Waals surface area contributed by atoms with Crippen molar-refractivity contribution in [2.45, 2.75) is 295 Å². The van der Waals surface area contributed by atoms with Gasteiger partial charge in [0.05, 0.1) is 64.6 Å². The van der Waals surface area contributed by atoms with E-state index in [0.717, 1.165) is 148 Å². The van der Waals surface area contributed by atoms with Gasteiger partial charge in [0, 0.05) is 44.8 Å². The molecule has 0 aliphatic heterocycles. The minimum Gasteiger partial charge on any atom is -0.463 e. The van der Waals surface area contributed by atoms with Crippen LogP contribution in [-0.4, -0.2) is 151 Å². The Balaban J connectivity index is 0. The van der Waals surface area contributed by atoms with Gasteiger partial charge < -0.3 is 56.8 Å². The van der Waals surface area contributed by atoms with Crippen LogP contribution in [0.25, 0.3) is 0 Å². The average molecular weight is 1600 g/mol. The van der Waals surface area contributed by atoms with Crippen molar-refractivity contribution in [3.05, 3.63) is 110 Å². The van der Waals surface area contributed by atoms with Crippen molar-refractivity contribution in [3.63, 3.8) is 0 Å². The van der Waals surface area contributed by atoms with Crippen molar-refractivity contribution < 1.29 is 124 Å². The van der Waals surface area contributed by atoms with E-state index in [-0.39, 0.29) is 170 Å². The summed E-state index contributed by atoms with van der Waals surface area (Å²) < 4.78 is 61.1. The van der Waals surface area contributed by atoms with Crippen LogP contribution in [0, 0.1) is 0 Å². The molecule has 23 heteroatoms. The number of ether oxygens (including phenoxy) is 12.